The Labute approximate surface area is 300 Å². The monoisotopic (exact) mass is 670 g/mol. The van der Waals surface area contributed by atoms with Crippen LogP contribution in [0, 0.1) is 0 Å². The van der Waals surface area contributed by atoms with E-state index in [1.54, 1.807) is 0 Å². The molecule has 1 aliphatic carbocycles. The molecule has 0 radical (unpaired) electrons. The van der Waals surface area contributed by atoms with Crippen LogP contribution in [0.4, 0.5) is 0 Å². The molecule has 252 valence electrons. The van der Waals surface area contributed by atoms with Crippen molar-refractivity contribution in [1.29, 1.82) is 0 Å². The van der Waals surface area contributed by atoms with Gasteiger partial charge in [-0.25, -0.2) is 0 Å². The average molecular weight is 671 g/mol. The second kappa shape index (κ2) is 14.7. The molecule has 0 saturated heterocycles. The standard InChI is InChI=1S/C48H50OSi/c1-6-9-17-34-19-11-14-22-39(34)37-25-28-42-43-29-26-38(40-23-15-12-20-35(40)18-10-7-2)33-45(43)48(44(42)32-37)50(4,5)46-30-27-36-21-13-16-24-41(36)47(46)49-31-8-3/h8,11-16,19-30,32-33,48H,3,6-7,9-10,17-18,31H2,1-2,4-5H3. The number of aryl methyl sites for hydroxylation is 2. The Balaban J connectivity index is 1.44. The molecule has 0 atom stereocenters. The van der Waals surface area contributed by atoms with E-state index >= 15 is 0 Å². The largest absolute Gasteiger partial charge is 0.489 e. The quantitative estimate of drug-likeness (QED) is 0.0878. The molecule has 0 N–H and O–H groups in total. The van der Waals surface area contributed by atoms with Crippen LogP contribution in [0.25, 0.3) is 44.2 Å². The zero-order chi connectivity index (χ0) is 34.7. The van der Waals surface area contributed by atoms with Gasteiger partial charge < -0.3 is 4.74 Å². The van der Waals surface area contributed by atoms with Crippen LogP contribution in [-0.4, -0.2) is 14.7 Å². The molecular weight excluding hydrogens is 621 g/mol. The van der Waals surface area contributed by atoms with Crippen molar-refractivity contribution in [2.45, 2.75) is 71.0 Å². The van der Waals surface area contributed by atoms with Gasteiger partial charge >= 0.3 is 0 Å². The molecule has 0 fully saturated rings. The van der Waals surface area contributed by atoms with Crippen LogP contribution >= 0.6 is 0 Å². The summed E-state index contributed by atoms with van der Waals surface area (Å²) in [6, 6.07) is 46.1. The Hall–Kier alpha value is -4.66. The fourth-order valence-electron chi connectivity index (χ4n) is 8.35. The molecule has 50 heavy (non-hydrogen) atoms. The average Bonchev–Trinajstić information content (AvgIpc) is 3.49. The van der Waals surface area contributed by atoms with Crippen LogP contribution in [0.1, 0.15) is 67.3 Å². The van der Waals surface area contributed by atoms with Crippen molar-refractivity contribution in [3.8, 4) is 39.1 Å². The Morgan fingerprint density at radius 1 is 0.620 bits per heavy atom. The summed E-state index contributed by atoms with van der Waals surface area (Å²) in [6.07, 6.45) is 8.88. The van der Waals surface area contributed by atoms with Gasteiger partial charge in [0.15, 0.2) is 0 Å². The SMILES string of the molecule is C=CCOc1c([Si](C)(C)C2c3cc(-c4ccccc4CCCC)ccc3-c3ccc(-c4ccccc4CCCC)cc32)ccc2ccccc12. The zero-order valence-electron chi connectivity index (χ0n) is 30.3. The van der Waals surface area contributed by atoms with E-state index in [4.69, 9.17) is 4.74 Å². The van der Waals surface area contributed by atoms with Gasteiger partial charge in [-0.2, -0.15) is 0 Å². The van der Waals surface area contributed by atoms with Crippen molar-refractivity contribution < 1.29 is 4.74 Å². The lowest BCUT2D eigenvalue weighted by molar-refractivity contribution is 0.370. The molecule has 7 rings (SSSR count). The lowest BCUT2D eigenvalue weighted by Crippen LogP contribution is -2.48. The van der Waals surface area contributed by atoms with Gasteiger partial charge in [0.1, 0.15) is 12.4 Å². The lowest BCUT2D eigenvalue weighted by Gasteiger charge is -2.34. The van der Waals surface area contributed by atoms with E-state index < -0.39 is 8.07 Å². The van der Waals surface area contributed by atoms with Gasteiger partial charge in [-0.15, -0.1) is 0 Å². The second-order valence-electron chi connectivity index (χ2n) is 14.5. The summed E-state index contributed by atoms with van der Waals surface area (Å²) in [4.78, 5) is 0. The molecule has 0 amide bonds. The molecule has 6 aromatic carbocycles. The van der Waals surface area contributed by atoms with Gasteiger partial charge in [-0.05, 0) is 91.9 Å². The minimum atomic E-state index is -2.34. The number of ether oxygens (including phenoxy) is 1. The maximum Gasteiger partial charge on any atom is 0.126 e. The minimum Gasteiger partial charge on any atom is -0.489 e. The van der Waals surface area contributed by atoms with Crippen molar-refractivity contribution >= 4 is 24.0 Å². The van der Waals surface area contributed by atoms with Crippen molar-refractivity contribution in [2.24, 2.45) is 0 Å². The highest BCUT2D eigenvalue weighted by molar-refractivity contribution is 6.92. The summed E-state index contributed by atoms with van der Waals surface area (Å²) in [5, 5.41) is 3.76. The number of hydrogen-bond acceptors (Lipinski definition) is 1. The maximum absolute atomic E-state index is 6.63. The van der Waals surface area contributed by atoms with Crippen LogP contribution < -0.4 is 9.92 Å². The zero-order valence-corrected chi connectivity index (χ0v) is 31.3. The highest BCUT2D eigenvalue weighted by atomic mass is 28.3. The fourth-order valence-corrected chi connectivity index (χ4v) is 12.0. The summed E-state index contributed by atoms with van der Waals surface area (Å²) >= 11 is 0. The van der Waals surface area contributed by atoms with Crippen molar-refractivity contribution in [3.63, 3.8) is 0 Å². The van der Waals surface area contributed by atoms with E-state index in [-0.39, 0.29) is 5.54 Å². The van der Waals surface area contributed by atoms with Crippen molar-refractivity contribution in [1.82, 2.24) is 0 Å². The molecule has 0 aliphatic heterocycles. The van der Waals surface area contributed by atoms with Crippen LogP contribution in [-0.2, 0) is 12.8 Å². The van der Waals surface area contributed by atoms with Crippen LogP contribution in [0.15, 0.2) is 134 Å². The molecule has 6 aromatic rings. The smallest absolute Gasteiger partial charge is 0.126 e. The van der Waals surface area contributed by atoms with Gasteiger partial charge in [0.25, 0.3) is 0 Å². The van der Waals surface area contributed by atoms with Gasteiger partial charge in [-0.3, -0.25) is 0 Å². The summed E-state index contributed by atoms with van der Waals surface area (Å²) in [7, 11) is -2.34. The van der Waals surface area contributed by atoms with Gasteiger partial charge in [0, 0.05) is 10.9 Å². The molecule has 0 unspecified atom stereocenters. The summed E-state index contributed by atoms with van der Waals surface area (Å²) in [5.41, 5.74) is 14.2. The summed E-state index contributed by atoms with van der Waals surface area (Å²) in [5.74, 6) is 1.02. The van der Waals surface area contributed by atoms with Crippen molar-refractivity contribution in [3.05, 3.63) is 156 Å². The number of rotatable bonds is 13. The first kappa shape index (κ1) is 33.8. The Kier molecular flexibility index (Phi) is 9.92. The molecule has 2 heteroatoms. The van der Waals surface area contributed by atoms with E-state index in [0.29, 0.717) is 6.61 Å². The van der Waals surface area contributed by atoms with Gasteiger partial charge in [0.05, 0.1) is 8.07 Å². The predicted octanol–water partition coefficient (Wildman–Crippen LogP) is 12.7. The fraction of sp³-hybridized carbons (Fsp3) is 0.250. The van der Waals surface area contributed by atoms with Gasteiger partial charge in [-0.1, -0.05) is 174 Å². The van der Waals surface area contributed by atoms with Crippen LogP contribution in [0.5, 0.6) is 5.75 Å². The summed E-state index contributed by atoms with van der Waals surface area (Å²) < 4.78 is 6.63. The summed E-state index contributed by atoms with van der Waals surface area (Å²) in [6.45, 7) is 14.2. The molecule has 0 heterocycles. The Morgan fingerprint density at radius 3 is 1.72 bits per heavy atom. The molecule has 0 aromatic heterocycles. The van der Waals surface area contributed by atoms with E-state index in [1.165, 1.54) is 97.3 Å². The van der Waals surface area contributed by atoms with E-state index in [9.17, 15) is 0 Å². The number of hydrogen-bond donors (Lipinski definition) is 0. The number of unbranched alkanes of at least 4 members (excludes halogenated alkanes) is 2. The number of benzene rings is 6. The highest BCUT2D eigenvalue weighted by Gasteiger charge is 2.44. The van der Waals surface area contributed by atoms with E-state index in [0.717, 1.165) is 18.6 Å². The van der Waals surface area contributed by atoms with E-state index in [2.05, 4.69) is 155 Å². The Morgan fingerprint density at radius 2 is 1.16 bits per heavy atom. The molecule has 0 saturated carbocycles. The first-order valence-electron chi connectivity index (χ1n) is 18.7. The third-order valence-corrected chi connectivity index (χ3v) is 14.8. The third kappa shape index (κ3) is 6.27. The maximum atomic E-state index is 6.63. The first-order chi connectivity index (χ1) is 24.5. The topological polar surface area (TPSA) is 9.23 Å². The normalized spacial score (nSPS) is 12.6. The molecule has 0 spiro atoms. The highest BCUT2D eigenvalue weighted by Crippen LogP contribution is 2.52. The van der Waals surface area contributed by atoms with Crippen LogP contribution in [0.3, 0.4) is 0 Å². The van der Waals surface area contributed by atoms with Crippen molar-refractivity contribution in [2.75, 3.05) is 6.61 Å². The molecule has 1 aliphatic rings. The predicted molar refractivity (Wildman–Crippen MR) is 219 cm³/mol. The molecular formula is C48H50OSi. The first-order valence-corrected chi connectivity index (χ1v) is 21.7. The van der Waals surface area contributed by atoms with Gasteiger partial charge in [0.2, 0.25) is 0 Å². The molecule has 1 nitrogen and oxygen atoms in total. The third-order valence-electron chi connectivity index (χ3n) is 10.9. The number of fused-ring (bicyclic) bond motifs is 4. The van der Waals surface area contributed by atoms with E-state index in [1.807, 2.05) is 6.08 Å². The minimum absolute atomic E-state index is 0.255. The molecule has 0 bridgehead atoms. The lowest BCUT2D eigenvalue weighted by atomic mass is 9.93. The van der Waals surface area contributed by atoms with Crippen LogP contribution in [0.2, 0.25) is 13.1 Å². The Bertz CT molecular complexity index is 2050. The second-order valence-corrected chi connectivity index (χ2v) is 19.1.